The maximum atomic E-state index is 5.03. The van der Waals surface area contributed by atoms with E-state index in [9.17, 15) is 0 Å². The summed E-state index contributed by atoms with van der Waals surface area (Å²) in [5.74, 6) is 0. The molecule has 9 aromatic rings. The number of rotatable bonds is 4. The van der Waals surface area contributed by atoms with E-state index in [0.717, 1.165) is 88.4 Å². The molecule has 0 unspecified atom stereocenters. The van der Waals surface area contributed by atoms with E-state index in [4.69, 9.17) is 9.97 Å². The molecule has 0 bridgehead atoms. The van der Waals surface area contributed by atoms with Crippen molar-refractivity contribution in [3.8, 4) is 44.8 Å². The first-order chi connectivity index (χ1) is 22.8. The summed E-state index contributed by atoms with van der Waals surface area (Å²) in [5.41, 5.74) is 12.3. The Morgan fingerprint density at radius 3 is 1.70 bits per heavy atom. The first-order valence-corrected chi connectivity index (χ1v) is 15.2. The molecule has 214 valence electrons. The lowest BCUT2D eigenvalue weighted by atomic mass is 9.96. The third-order valence-corrected chi connectivity index (χ3v) is 8.62. The van der Waals surface area contributed by atoms with E-state index in [1.165, 1.54) is 0 Å². The second-order valence-electron chi connectivity index (χ2n) is 11.4. The number of aromatic nitrogens is 5. The summed E-state index contributed by atoms with van der Waals surface area (Å²) in [6.07, 6.45) is 7.27. The van der Waals surface area contributed by atoms with Crippen molar-refractivity contribution in [1.29, 1.82) is 0 Å². The van der Waals surface area contributed by atoms with Gasteiger partial charge in [-0.05, 0) is 89.0 Å². The van der Waals surface area contributed by atoms with Crippen molar-refractivity contribution < 1.29 is 0 Å². The van der Waals surface area contributed by atoms with E-state index in [2.05, 4.69) is 118 Å². The van der Waals surface area contributed by atoms with Crippen LogP contribution in [0.1, 0.15) is 0 Å². The fourth-order valence-corrected chi connectivity index (χ4v) is 6.28. The smallest absolute Gasteiger partial charge is 0.0970 e. The third kappa shape index (κ3) is 4.54. The van der Waals surface area contributed by atoms with Crippen LogP contribution in [-0.2, 0) is 0 Å². The Morgan fingerprint density at radius 1 is 0.391 bits per heavy atom. The Kier molecular flexibility index (Phi) is 6.06. The lowest BCUT2D eigenvalue weighted by Gasteiger charge is -2.11. The molecule has 46 heavy (non-hydrogen) atoms. The molecule has 0 saturated carbocycles. The Hall–Kier alpha value is -6.33. The average molecular weight is 588 g/mol. The van der Waals surface area contributed by atoms with Gasteiger partial charge in [0.05, 0.1) is 33.5 Å². The van der Waals surface area contributed by atoms with E-state index in [-0.39, 0.29) is 0 Å². The maximum Gasteiger partial charge on any atom is 0.0970 e. The van der Waals surface area contributed by atoms with E-state index >= 15 is 0 Å². The topological polar surface area (TPSA) is 64.5 Å². The van der Waals surface area contributed by atoms with Gasteiger partial charge in [-0.1, -0.05) is 60.7 Å². The molecule has 0 amide bonds. The van der Waals surface area contributed by atoms with E-state index in [1.807, 2.05) is 42.9 Å². The predicted molar refractivity (Wildman–Crippen MR) is 187 cm³/mol. The molecule has 9 rings (SSSR count). The minimum atomic E-state index is 0.922. The van der Waals surface area contributed by atoms with Crippen LogP contribution in [-0.4, -0.2) is 24.9 Å². The van der Waals surface area contributed by atoms with Crippen molar-refractivity contribution >= 4 is 43.6 Å². The zero-order chi connectivity index (χ0) is 30.5. The van der Waals surface area contributed by atoms with Gasteiger partial charge in [-0.2, -0.15) is 0 Å². The molecule has 0 fully saturated rings. The van der Waals surface area contributed by atoms with Crippen molar-refractivity contribution in [2.75, 3.05) is 0 Å². The van der Waals surface area contributed by atoms with Crippen LogP contribution in [0.15, 0.2) is 152 Å². The lowest BCUT2D eigenvalue weighted by Crippen LogP contribution is -1.90. The van der Waals surface area contributed by atoms with E-state index in [0.29, 0.717) is 0 Å². The standard InChI is InChI=1S/C41H25N5/c1-5-33(25-42-19-1)39-18-14-31-23-29(12-16-38(31)46-39)28-11-15-37-30(22-28)13-17-36(45-37)27-9-7-26(8-10-27)35-24-32-4-2-20-43-40(32)41-34(35)6-3-21-44-41/h1-25H. The minimum absolute atomic E-state index is 0.922. The summed E-state index contributed by atoms with van der Waals surface area (Å²) in [6, 6.07) is 44.3. The van der Waals surface area contributed by atoms with Gasteiger partial charge in [-0.3, -0.25) is 15.0 Å². The minimum Gasteiger partial charge on any atom is -0.264 e. The molecule has 0 N–H and O–H groups in total. The highest BCUT2D eigenvalue weighted by molar-refractivity contribution is 6.10. The number of pyridine rings is 5. The third-order valence-electron chi connectivity index (χ3n) is 8.62. The van der Waals surface area contributed by atoms with Gasteiger partial charge in [-0.25, -0.2) is 9.97 Å². The molecule has 0 spiro atoms. The summed E-state index contributed by atoms with van der Waals surface area (Å²) in [4.78, 5) is 23.4. The lowest BCUT2D eigenvalue weighted by molar-refractivity contribution is 1.30. The van der Waals surface area contributed by atoms with Crippen LogP contribution in [0, 0.1) is 0 Å². The number of nitrogens with zero attached hydrogens (tertiary/aromatic N) is 5. The van der Waals surface area contributed by atoms with Gasteiger partial charge in [0.15, 0.2) is 0 Å². The van der Waals surface area contributed by atoms with E-state index in [1.54, 1.807) is 6.20 Å². The van der Waals surface area contributed by atoms with Gasteiger partial charge in [0.2, 0.25) is 0 Å². The van der Waals surface area contributed by atoms with Crippen LogP contribution in [0.4, 0.5) is 0 Å². The fraction of sp³-hybridized carbons (Fsp3) is 0. The number of fused-ring (bicyclic) bond motifs is 5. The SMILES string of the molecule is c1cncc(-c2ccc3cc(-c4ccc5nc(-c6ccc(-c7cc8cccnc8c8ncccc78)cc6)ccc5c4)ccc3n2)c1. The number of hydrogen-bond acceptors (Lipinski definition) is 5. The first-order valence-electron chi connectivity index (χ1n) is 15.2. The summed E-state index contributed by atoms with van der Waals surface area (Å²) >= 11 is 0. The van der Waals surface area contributed by atoms with Gasteiger partial charge >= 0.3 is 0 Å². The molecule has 5 heteroatoms. The molecular weight excluding hydrogens is 562 g/mol. The zero-order valence-corrected chi connectivity index (χ0v) is 24.7. The molecule has 5 aromatic heterocycles. The molecule has 0 aliphatic rings. The Morgan fingerprint density at radius 2 is 1.00 bits per heavy atom. The number of benzene rings is 4. The molecule has 0 aliphatic heterocycles. The molecule has 0 radical (unpaired) electrons. The van der Waals surface area contributed by atoms with Gasteiger partial charge < -0.3 is 0 Å². The van der Waals surface area contributed by atoms with Gasteiger partial charge in [0.25, 0.3) is 0 Å². The van der Waals surface area contributed by atoms with Gasteiger partial charge in [0, 0.05) is 57.5 Å². The average Bonchev–Trinajstić information content (AvgIpc) is 3.14. The second-order valence-corrected chi connectivity index (χ2v) is 11.4. The van der Waals surface area contributed by atoms with Gasteiger partial charge in [-0.15, -0.1) is 0 Å². The Balaban J connectivity index is 1.02. The fourth-order valence-electron chi connectivity index (χ4n) is 6.28. The van der Waals surface area contributed by atoms with Crippen molar-refractivity contribution in [2.45, 2.75) is 0 Å². The molecule has 0 atom stereocenters. The monoisotopic (exact) mass is 587 g/mol. The van der Waals surface area contributed by atoms with Crippen LogP contribution in [0.25, 0.3) is 88.4 Å². The van der Waals surface area contributed by atoms with Crippen LogP contribution in [0.3, 0.4) is 0 Å². The molecule has 4 aromatic carbocycles. The highest BCUT2D eigenvalue weighted by atomic mass is 14.7. The molecule has 0 aliphatic carbocycles. The molecule has 5 nitrogen and oxygen atoms in total. The second kappa shape index (κ2) is 10.7. The Labute approximate surface area is 264 Å². The number of hydrogen-bond donors (Lipinski definition) is 0. The van der Waals surface area contributed by atoms with Crippen LogP contribution < -0.4 is 0 Å². The summed E-state index contributed by atoms with van der Waals surface area (Å²) < 4.78 is 0. The highest BCUT2D eigenvalue weighted by Crippen LogP contribution is 2.34. The van der Waals surface area contributed by atoms with Crippen LogP contribution in [0.5, 0.6) is 0 Å². The Bertz CT molecular complexity index is 2580. The van der Waals surface area contributed by atoms with Crippen molar-refractivity contribution in [3.63, 3.8) is 0 Å². The van der Waals surface area contributed by atoms with Crippen LogP contribution in [0.2, 0.25) is 0 Å². The van der Waals surface area contributed by atoms with Crippen molar-refractivity contribution in [1.82, 2.24) is 24.9 Å². The van der Waals surface area contributed by atoms with Crippen LogP contribution >= 0.6 is 0 Å². The molecule has 5 heterocycles. The van der Waals surface area contributed by atoms with Gasteiger partial charge in [0.1, 0.15) is 0 Å². The van der Waals surface area contributed by atoms with E-state index < -0.39 is 0 Å². The quantitative estimate of drug-likeness (QED) is 0.192. The van der Waals surface area contributed by atoms with Crippen molar-refractivity contribution in [3.05, 3.63) is 152 Å². The largest absolute Gasteiger partial charge is 0.264 e. The molecular formula is C41H25N5. The molecule has 0 saturated heterocycles. The summed E-state index contributed by atoms with van der Waals surface area (Å²) in [6.45, 7) is 0. The predicted octanol–water partition coefficient (Wildman–Crippen LogP) is 9.94. The maximum absolute atomic E-state index is 5.03. The first kappa shape index (κ1) is 26.1. The zero-order valence-electron chi connectivity index (χ0n) is 24.7. The normalized spacial score (nSPS) is 11.5. The summed E-state index contributed by atoms with van der Waals surface area (Å²) in [7, 11) is 0. The summed E-state index contributed by atoms with van der Waals surface area (Å²) in [5, 5.41) is 4.38. The highest BCUT2D eigenvalue weighted by Gasteiger charge is 2.11. The van der Waals surface area contributed by atoms with Crippen molar-refractivity contribution in [2.24, 2.45) is 0 Å².